The smallest absolute Gasteiger partial charge is 0.253 e. The van der Waals surface area contributed by atoms with Crippen molar-refractivity contribution in [1.29, 1.82) is 0 Å². The molecule has 0 unspecified atom stereocenters. The van der Waals surface area contributed by atoms with Crippen LogP contribution in [0.25, 0.3) is 0 Å². The van der Waals surface area contributed by atoms with Gasteiger partial charge in [0.15, 0.2) is 0 Å². The van der Waals surface area contributed by atoms with E-state index in [9.17, 15) is 4.79 Å². The van der Waals surface area contributed by atoms with Crippen LogP contribution in [0.5, 0.6) is 11.5 Å². The first kappa shape index (κ1) is 16.1. The van der Waals surface area contributed by atoms with Crippen LogP contribution in [0.2, 0.25) is 0 Å². The van der Waals surface area contributed by atoms with Gasteiger partial charge in [-0.15, -0.1) is 0 Å². The fraction of sp³-hybridized carbons (Fsp3) is 0.462. The Morgan fingerprint density at radius 3 is 2.65 bits per heavy atom. The third-order valence-corrected chi connectivity index (χ3v) is 2.58. The normalized spacial score (nSPS) is 10.2. The molecule has 1 rings (SSSR count). The molecular weight excluding hydrogens is 264 g/mol. The monoisotopic (exact) mass is 284 g/mol. The second-order valence-corrected chi connectivity index (χ2v) is 3.88. The Balaban J connectivity index is 2.71. The molecule has 0 atom stereocenters. The lowest BCUT2D eigenvalue weighted by Crippen LogP contribution is -2.28. The highest BCUT2D eigenvalue weighted by Crippen LogP contribution is 2.30. The molecule has 0 aliphatic rings. The molecule has 0 saturated heterocycles. The van der Waals surface area contributed by atoms with Crippen LogP contribution in [0, 0.1) is 0 Å². The fourth-order valence-corrected chi connectivity index (χ4v) is 1.57. The maximum Gasteiger partial charge on any atom is 0.253 e. The first-order valence-corrected chi connectivity index (χ1v) is 6.12. The molecule has 0 fully saturated rings. The van der Waals surface area contributed by atoms with Crippen LogP contribution in [0.15, 0.2) is 12.1 Å². The lowest BCUT2D eigenvalue weighted by atomic mass is 10.1. The Labute approximate surface area is 117 Å². The van der Waals surface area contributed by atoms with Crippen molar-refractivity contribution in [2.45, 2.75) is 0 Å². The molecule has 0 spiro atoms. The summed E-state index contributed by atoms with van der Waals surface area (Å²) < 4.78 is 15.2. The van der Waals surface area contributed by atoms with E-state index >= 15 is 0 Å². The summed E-state index contributed by atoms with van der Waals surface area (Å²) in [6.45, 7) is 0.823. The SMILES string of the molecule is COc1cc(OC)c(N)c(C(=O)NCCOCCO)c1. The number of carbonyl (C=O) groups excluding carboxylic acids is 1. The first-order chi connectivity index (χ1) is 9.63. The molecule has 0 aliphatic heterocycles. The number of nitrogens with one attached hydrogen (secondary N) is 1. The van der Waals surface area contributed by atoms with Gasteiger partial charge in [0.2, 0.25) is 0 Å². The third-order valence-electron chi connectivity index (χ3n) is 2.58. The molecule has 112 valence electrons. The van der Waals surface area contributed by atoms with Crippen molar-refractivity contribution in [3.63, 3.8) is 0 Å². The summed E-state index contributed by atoms with van der Waals surface area (Å²) >= 11 is 0. The second kappa shape index (κ2) is 8.23. The number of carbonyl (C=O) groups is 1. The molecule has 0 bridgehead atoms. The molecular formula is C13H20N2O5. The Bertz CT molecular complexity index is 451. The number of benzene rings is 1. The van der Waals surface area contributed by atoms with Gasteiger partial charge in [-0.1, -0.05) is 0 Å². The van der Waals surface area contributed by atoms with Gasteiger partial charge in [-0.05, 0) is 6.07 Å². The van der Waals surface area contributed by atoms with Crippen LogP contribution < -0.4 is 20.5 Å². The minimum Gasteiger partial charge on any atom is -0.497 e. The minimum atomic E-state index is -0.340. The Morgan fingerprint density at radius 2 is 2.05 bits per heavy atom. The number of ether oxygens (including phenoxy) is 3. The number of aliphatic hydroxyl groups is 1. The maximum atomic E-state index is 12.0. The summed E-state index contributed by atoms with van der Waals surface area (Å²) in [7, 11) is 2.96. The van der Waals surface area contributed by atoms with Gasteiger partial charge in [-0.2, -0.15) is 0 Å². The van der Waals surface area contributed by atoms with Gasteiger partial charge in [0, 0.05) is 12.6 Å². The first-order valence-electron chi connectivity index (χ1n) is 6.12. The molecule has 4 N–H and O–H groups in total. The van der Waals surface area contributed by atoms with E-state index in [4.69, 9.17) is 25.1 Å². The fourth-order valence-electron chi connectivity index (χ4n) is 1.57. The Kier molecular flexibility index (Phi) is 6.61. The summed E-state index contributed by atoms with van der Waals surface area (Å²) in [4.78, 5) is 12.0. The predicted octanol–water partition coefficient (Wildman–Crippen LogP) is 0.0247. The number of anilines is 1. The molecule has 0 aliphatic carbocycles. The van der Waals surface area contributed by atoms with E-state index < -0.39 is 0 Å². The van der Waals surface area contributed by atoms with Gasteiger partial charge in [0.25, 0.3) is 5.91 Å². The summed E-state index contributed by atoms with van der Waals surface area (Å²) in [5.74, 6) is 0.524. The van der Waals surface area contributed by atoms with Crippen molar-refractivity contribution in [3.05, 3.63) is 17.7 Å². The van der Waals surface area contributed by atoms with Crippen molar-refractivity contribution in [3.8, 4) is 11.5 Å². The molecule has 7 heteroatoms. The maximum absolute atomic E-state index is 12.0. The van der Waals surface area contributed by atoms with Crippen LogP contribution >= 0.6 is 0 Å². The molecule has 0 aromatic heterocycles. The van der Waals surface area contributed by atoms with Crippen molar-refractivity contribution in [2.75, 3.05) is 46.3 Å². The molecule has 1 amide bonds. The van der Waals surface area contributed by atoms with Crippen LogP contribution in [0.4, 0.5) is 5.69 Å². The van der Waals surface area contributed by atoms with Gasteiger partial charge < -0.3 is 30.4 Å². The standard InChI is InChI=1S/C13H20N2O5/c1-18-9-7-10(12(14)11(8-9)19-2)13(17)15-3-5-20-6-4-16/h7-8,16H,3-6,14H2,1-2H3,(H,15,17). The van der Waals surface area contributed by atoms with Crippen molar-refractivity contribution in [1.82, 2.24) is 5.32 Å². The quantitative estimate of drug-likeness (QED) is 0.459. The van der Waals surface area contributed by atoms with Gasteiger partial charge in [0.05, 0.1) is 45.3 Å². The zero-order chi connectivity index (χ0) is 15.0. The Hall–Kier alpha value is -1.99. The lowest BCUT2D eigenvalue weighted by molar-refractivity contribution is 0.0838. The number of hydrogen-bond donors (Lipinski definition) is 3. The van der Waals surface area contributed by atoms with Gasteiger partial charge in [-0.3, -0.25) is 4.79 Å². The van der Waals surface area contributed by atoms with Gasteiger partial charge >= 0.3 is 0 Å². The number of amides is 1. The highest BCUT2D eigenvalue weighted by Gasteiger charge is 2.15. The lowest BCUT2D eigenvalue weighted by Gasteiger charge is -2.12. The van der Waals surface area contributed by atoms with Crippen molar-refractivity contribution >= 4 is 11.6 Å². The Morgan fingerprint density at radius 1 is 1.30 bits per heavy atom. The molecule has 7 nitrogen and oxygen atoms in total. The molecule has 1 aromatic rings. The zero-order valence-corrected chi connectivity index (χ0v) is 11.6. The van der Waals surface area contributed by atoms with E-state index in [0.29, 0.717) is 24.7 Å². The summed E-state index contributed by atoms with van der Waals surface area (Å²) in [5.41, 5.74) is 6.40. The number of aliphatic hydroxyl groups excluding tert-OH is 1. The number of methoxy groups -OCH3 is 2. The topological polar surface area (TPSA) is 103 Å². The van der Waals surface area contributed by atoms with E-state index in [2.05, 4.69) is 5.32 Å². The average molecular weight is 284 g/mol. The number of nitrogen functional groups attached to an aromatic ring is 1. The highest BCUT2D eigenvalue weighted by atomic mass is 16.5. The van der Waals surface area contributed by atoms with E-state index in [1.807, 2.05) is 0 Å². The zero-order valence-electron chi connectivity index (χ0n) is 11.6. The minimum absolute atomic E-state index is 0.0476. The van der Waals surface area contributed by atoms with Gasteiger partial charge in [-0.25, -0.2) is 0 Å². The van der Waals surface area contributed by atoms with E-state index in [1.165, 1.54) is 14.2 Å². The molecule has 0 heterocycles. The van der Waals surface area contributed by atoms with Crippen LogP contribution in [0.1, 0.15) is 10.4 Å². The highest BCUT2D eigenvalue weighted by molar-refractivity contribution is 6.00. The summed E-state index contributed by atoms with van der Waals surface area (Å²) in [6.07, 6.45) is 0. The van der Waals surface area contributed by atoms with Crippen LogP contribution in [-0.4, -0.2) is 51.6 Å². The average Bonchev–Trinajstić information content (AvgIpc) is 2.47. The molecule has 0 saturated carbocycles. The van der Waals surface area contributed by atoms with E-state index in [-0.39, 0.29) is 30.4 Å². The molecule has 0 radical (unpaired) electrons. The summed E-state index contributed by atoms with van der Waals surface area (Å²) in [6, 6.07) is 3.15. The number of rotatable bonds is 8. The number of nitrogens with two attached hydrogens (primary N) is 1. The molecule has 20 heavy (non-hydrogen) atoms. The molecule has 1 aromatic carbocycles. The largest absolute Gasteiger partial charge is 0.497 e. The van der Waals surface area contributed by atoms with Crippen LogP contribution in [0.3, 0.4) is 0 Å². The van der Waals surface area contributed by atoms with Gasteiger partial charge in [0.1, 0.15) is 11.5 Å². The van der Waals surface area contributed by atoms with Crippen molar-refractivity contribution in [2.24, 2.45) is 0 Å². The third kappa shape index (κ3) is 4.29. The van der Waals surface area contributed by atoms with E-state index in [1.54, 1.807) is 12.1 Å². The van der Waals surface area contributed by atoms with Crippen molar-refractivity contribution < 1.29 is 24.1 Å². The second-order valence-electron chi connectivity index (χ2n) is 3.88. The van der Waals surface area contributed by atoms with E-state index in [0.717, 1.165) is 0 Å². The van der Waals surface area contributed by atoms with Crippen LogP contribution in [-0.2, 0) is 4.74 Å². The predicted molar refractivity (Wildman–Crippen MR) is 74.2 cm³/mol. The number of hydrogen-bond acceptors (Lipinski definition) is 6. The summed E-state index contributed by atoms with van der Waals surface area (Å²) in [5, 5.41) is 11.2.